The van der Waals surface area contributed by atoms with E-state index in [1.165, 1.54) is 0 Å². The summed E-state index contributed by atoms with van der Waals surface area (Å²) in [6.45, 7) is 5.31. The number of hydrogen-bond acceptors (Lipinski definition) is 6. The lowest BCUT2D eigenvalue weighted by Gasteiger charge is -2.41. The molecule has 164 valence electrons. The molecule has 8 unspecified atom stereocenters. The van der Waals surface area contributed by atoms with Crippen LogP contribution in [0.5, 0.6) is 0 Å². The Morgan fingerprint density at radius 2 is 1.72 bits per heavy atom. The van der Waals surface area contributed by atoms with Crippen molar-refractivity contribution in [1.82, 2.24) is 4.72 Å². The number of nitrogens with one attached hydrogen (secondary N) is 1. The van der Waals surface area contributed by atoms with Crippen molar-refractivity contribution in [2.24, 2.45) is 46.8 Å². The van der Waals surface area contributed by atoms with Gasteiger partial charge in [-0.15, -0.1) is 0 Å². The molecule has 0 aliphatic heterocycles. The summed E-state index contributed by atoms with van der Waals surface area (Å²) in [6, 6.07) is 0. The highest BCUT2D eigenvalue weighted by molar-refractivity contribution is 7.90. The molecular formula is C21H33NO6S. The first-order valence-corrected chi connectivity index (χ1v) is 12.6. The molecule has 0 aromatic rings. The molecule has 1 amide bonds. The number of sulfonamides is 1. The number of esters is 1. The molecule has 4 saturated carbocycles. The van der Waals surface area contributed by atoms with Gasteiger partial charge in [0.15, 0.2) is 0 Å². The highest BCUT2D eigenvalue weighted by Crippen LogP contribution is 2.69. The fourth-order valence-electron chi connectivity index (χ4n) is 6.82. The SMILES string of the molecule is CCC(C)(C)C(=O)OC1CC2CC1C1C3CC(CC3C(=O)NS(=O)(=O)CCO)C21. The Morgan fingerprint density at radius 3 is 2.38 bits per heavy atom. The summed E-state index contributed by atoms with van der Waals surface area (Å²) in [5.41, 5.74) is -0.487. The van der Waals surface area contributed by atoms with Gasteiger partial charge in [-0.25, -0.2) is 8.42 Å². The summed E-state index contributed by atoms with van der Waals surface area (Å²) in [6.07, 6.45) is 4.38. The van der Waals surface area contributed by atoms with Crippen LogP contribution in [0.15, 0.2) is 0 Å². The van der Waals surface area contributed by atoms with E-state index in [1.54, 1.807) is 0 Å². The van der Waals surface area contributed by atoms with Crippen molar-refractivity contribution in [3.63, 3.8) is 0 Å². The Morgan fingerprint density at radius 1 is 1.07 bits per heavy atom. The summed E-state index contributed by atoms with van der Waals surface area (Å²) in [4.78, 5) is 25.3. The molecule has 7 nitrogen and oxygen atoms in total. The first kappa shape index (κ1) is 21.1. The van der Waals surface area contributed by atoms with Gasteiger partial charge in [-0.05, 0) is 81.5 Å². The number of amides is 1. The zero-order valence-electron chi connectivity index (χ0n) is 17.5. The first-order chi connectivity index (χ1) is 13.6. The molecule has 0 aromatic heterocycles. The number of ether oxygens (including phenoxy) is 1. The molecule has 0 aromatic carbocycles. The van der Waals surface area contributed by atoms with E-state index in [-0.39, 0.29) is 23.9 Å². The molecule has 8 atom stereocenters. The van der Waals surface area contributed by atoms with Crippen LogP contribution >= 0.6 is 0 Å². The standard InChI is InChI=1S/C21H33NO6S/c1-4-21(2,3)20(25)28-16-10-12-9-15(16)18-13-7-11(17(12)18)8-14(13)19(24)22-29(26,27)6-5-23/h11-18,23H,4-10H2,1-3H3,(H,22,24). The van der Waals surface area contributed by atoms with Crippen molar-refractivity contribution in [2.45, 2.75) is 59.0 Å². The van der Waals surface area contributed by atoms with E-state index in [0.717, 1.165) is 32.1 Å². The van der Waals surface area contributed by atoms with Crippen molar-refractivity contribution in [1.29, 1.82) is 0 Å². The van der Waals surface area contributed by atoms with Gasteiger partial charge in [-0.3, -0.25) is 14.3 Å². The van der Waals surface area contributed by atoms with E-state index in [0.29, 0.717) is 29.6 Å². The van der Waals surface area contributed by atoms with E-state index >= 15 is 0 Å². The van der Waals surface area contributed by atoms with Crippen LogP contribution in [-0.4, -0.2) is 43.9 Å². The molecule has 8 heteroatoms. The molecule has 4 aliphatic carbocycles. The molecule has 0 saturated heterocycles. The average molecular weight is 428 g/mol. The van der Waals surface area contributed by atoms with Crippen LogP contribution in [0.25, 0.3) is 0 Å². The van der Waals surface area contributed by atoms with Gasteiger partial charge >= 0.3 is 5.97 Å². The minimum atomic E-state index is -3.78. The van der Waals surface area contributed by atoms with Crippen molar-refractivity contribution in [2.75, 3.05) is 12.4 Å². The van der Waals surface area contributed by atoms with Crippen molar-refractivity contribution >= 4 is 21.9 Å². The number of carbonyl (C=O) groups excluding carboxylic acids is 2. The fourth-order valence-corrected chi connectivity index (χ4v) is 7.62. The monoisotopic (exact) mass is 427 g/mol. The Balaban J connectivity index is 1.45. The number of aliphatic hydroxyl groups excluding tert-OH is 1. The van der Waals surface area contributed by atoms with Crippen LogP contribution in [0.1, 0.15) is 52.9 Å². The van der Waals surface area contributed by atoms with Crippen molar-refractivity contribution in [3.8, 4) is 0 Å². The van der Waals surface area contributed by atoms with Gasteiger partial charge in [-0.2, -0.15) is 0 Å². The Labute approximate surface area is 173 Å². The van der Waals surface area contributed by atoms with Gasteiger partial charge in [0.1, 0.15) is 6.10 Å². The van der Waals surface area contributed by atoms with Crippen LogP contribution in [-0.2, 0) is 24.3 Å². The van der Waals surface area contributed by atoms with Gasteiger partial charge in [-0.1, -0.05) is 6.92 Å². The maximum absolute atomic E-state index is 12.7. The zero-order chi connectivity index (χ0) is 21.1. The van der Waals surface area contributed by atoms with Crippen LogP contribution in [0.3, 0.4) is 0 Å². The van der Waals surface area contributed by atoms with Gasteiger partial charge in [0.05, 0.1) is 17.8 Å². The van der Waals surface area contributed by atoms with E-state index < -0.39 is 33.7 Å². The number of rotatable bonds is 7. The van der Waals surface area contributed by atoms with Crippen molar-refractivity contribution in [3.05, 3.63) is 0 Å². The van der Waals surface area contributed by atoms with Gasteiger partial charge in [0.25, 0.3) is 0 Å². The average Bonchev–Trinajstić information content (AvgIpc) is 3.39. The van der Waals surface area contributed by atoms with Crippen molar-refractivity contribution < 1.29 is 27.9 Å². The molecule has 4 fully saturated rings. The second-order valence-electron chi connectivity index (χ2n) is 10.2. The molecular weight excluding hydrogens is 394 g/mol. The lowest BCUT2D eigenvalue weighted by Crippen LogP contribution is -2.46. The maximum atomic E-state index is 12.7. The van der Waals surface area contributed by atoms with Gasteiger partial charge in [0, 0.05) is 5.92 Å². The normalized spacial score (nSPS) is 40.1. The summed E-state index contributed by atoms with van der Waals surface area (Å²) >= 11 is 0. The Hall–Kier alpha value is -1.15. The van der Waals surface area contributed by atoms with Crippen LogP contribution < -0.4 is 4.72 Å². The molecule has 0 spiro atoms. The zero-order valence-corrected chi connectivity index (χ0v) is 18.3. The Kier molecular flexibility index (Phi) is 5.25. The topological polar surface area (TPSA) is 110 Å². The molecule has 29 heavy (non-hydrogen) atoms. The first-order valence-electron chi connectivity index (χ1n) is 10.9. The van der Waals surface area contributed by atoms with Gasteiger partial charge < -0.3 is 9.84 Å². The second-order valence-corrected chi connectivity index (χ2v) is 12.1. The minimum Gasteiger partial charge on any atom is -0.462 e. The highest BCUT2D eigenvalue weighted by atomic mass is 32.2. The van der Waals surface area contributed by atoms with E-state index in [9.17, 15) is 18.0 Å². The van der Waals surface area contributed by atoms with Crippen LogP contribution in [0.2, 0.25) is 0 Å². The fraction of sp³-hybridized carbons (Fsp3) is 0.905. The van der Waals surface area contributed by atoms with Crippen LogP contribution in [0.4, 0.5) is 0 Å². The number of carbonyl (C=O) groups is 2. The lowest BCUT2D eigenvalue weighted by molar-refractivity contribution is -0.165. The molecule has 4 aliphatic rings. The third kappa shape index (κ3) is 3.50. The predicted octanol–water partition coefficient (Wildman–Crippen LogP) is 1.70. The second kappa shape index (κ2) is 7.22. The minimum absolute atomic E-state index is 0.0687. The number of aliphatic hydroxyl groups is 1. The Bertz CT molecular complexity index is 793. The predicted molar refractivity (Wildman–Crippen MR) is 106 cm³/mol. The van der Waals surface area contributed by atoms with E-state index in [1.807, 2.05) is 20.8 Å². The summed E-state index contributed by atoms with van der Waals surface area (Å²) in [5.74, 6) is 1.13. The smallest absolute Gasteiger partial charge is 0.311 e. The molecule has 0 heterocycles. The molecule has 4 rings (SSSR count). The van der Waals surface area contributed by atoms with Crippen LogP contribution in [0, 0.1) is 46.8 Å². The molecule has 4 bridgehead atoms. The third-order valence-corrected chi connectivity index (χ3v) is 9.64. The quantitative estimate of drug-likeness (QED) is 0.473. The highest BCUT2D eigenvalue weighted by Gasteiger charge is 2.66. The third-order valence-electron chi connectivity index (χ3n) is 8.41. The largest absolute Gasteiger partial charge is 0.462 e. The van der Waals surface area contributed by atoms with E-state index in [4.69, 9.17) is 9.84 Å². The molecule has 2 N–H and O–H groups in total. The number of fused-ring (bicyclic) bond motifs is 9. The van der Waals surface area contributed by atoms with E-state index in [2.05, 4.69) is 4.72 Å². The summed E-state index contributed by atoms with van der Waals surface area (Å²) < 4.78 is 31.9. The lowest BCUT2D eigenvalue weighted by atomic mass is 9.66. The number of hydrogen-bond donors (Lipinski definition) is 2. The van der Waals surface area contributed by atoms with Gasteiger partial charge in [0.2, 0.25) is 15.9 Å². The summed E-state index contributed by atoms with van der Waals surface area (Å²) in [5, 5.41) is 8.88. The molecule has 0 radical (unpaired) electrons. The maximum Gasteiger partial charge on any atom is 0.311 e. The summed E-state index contributed by atoms with van der Waals surface area (Å²) in [7, 11) is -3.78.